The normalized spacial score (nSPS) is 15.8. The van der Waals surface area contributed by atoms with E-state index >= 15 is 0 Å². The molecule has 0 bridgehead atoms. The maximum Gasteiger partial charge on any atom is 0.290 e. The van der Waals surface area contributed by atoms with Gasteiger partial charge in [0.25, 0.3) is 5.91 Å². The van der Waals surface area contributed by atoms with E-state index in [0.29, 0.717) is 17.7 Å². The van der Waals surface area contributed by atoms with Crippen molar-refractivity contribution in [2.75, 3.05) is 7.11 Å². The van der Waals surface area contributed by atoms with Crippen LogP contribution in [0.4, 0.5) is 0 Å². The third kappa shape index (κ3) is 4.25. The second-order valence-electron chi connectivity index (χ2n) is 7.60. The number of pyridine rings is 1. The molecule has 0 saturated heterocycles. The van der Waals surface area contributed by atoms with Crippen molar-refractivity contribution in [1.29, 1.82) is 0 Å². The largest absolute Gasteiger partial charge is 0.503 e. The molecule has 2 aromatic carbocycles. The second kappa shape index (κ2) is 9.47. The summed E-state index contributed by atoms with van der Waals surface area (Å²) in [5.41, 5.74) is 2.64. The van der Waals surface area contributed by atoms with E-state index in [4.69, 9.17) is 4.74 Å². The maximum absolute atomic E-state index is 13.3. The lowest BCUT2D eigenvalue weighted by molar-refractivity contribution is -0.130. The fourth-order valence-corrected chi connectivity index (χ4v) is 4.04. The molecule has 0 spiro atoms. The van der Waals surface area contributed by atoms with Crippen LogP contribution in [0.1, 0.15) is 29.2 Å². The molecule has 3 aromatic rings. The minimum atomic E-state index is -0.741. The highest BCUT2D eigenvalue weighted by Crippen LogP contribution is 2.42. The summed E-state index contributed by atoms with van der Waals surface area (Å²) >= 11 is 0. The SMILES string of the molecule is COc1ccccc1C1C(C(=O)CCc2ccccc2)=C(O)C(=O)N1Cc1ccncc1. The molecule has 1 aromatic heterocycles. The van der Waals surface area contributed by atoms with Crippen molar-refractivity contribution >= 4 is 11.7 Å². The van der Waals surface area contributed by atoms with Crippen LogP contribution in [-0.4, -0.2) is 33.8 Å². The van der Waals surface area contributed by atoms with Gasteiger partial charge in [0.2, 0.25) is 0 Å². The van der Waals surface area contributed by atoms with Gasteiger partial charge < -0.3 is 14.7 Å². The summed E-state index contributed by atoms with van der Waals surface area (Å²) in [5.74, 6) is -0.769. The number of ether oxygens (including phenoxy) is 1. The molecule has 6 heteroatoms. The standard InChI is InChI=1S/C26H24N2O4/c1-32-22-10-6-5-9-20(22)24-23(21(29)12-11-18-7-3-2-4-8-18)25(30)26(31)28(24)17-19-13-15-27-16-14-19/h2-10,13-16,24,30H,11-12,17H2,1H3. The first-order valence-corrected chi connectivity index (χ1v) is 10.4. The van der Waals surface area contributed by atoms with Gasteiger partial charge in [0.15, 0.2) is 11.5 Å². The molecule has 0 fully saturated rings. The zero-order valence-corrected chi connectivity index (χ0v) is 17.8. The molecule has 6 nitrogen and oxygen atoms in total. The van der Waals surface area contributed by atoms with Crippen LogP contribution < -0.4 is 4.74 Å². The lowest BCUT2D eigenvalue weighted by Gasteiger charge is -2.28. The number of carbonyl (C=O) groups is 2. The molecule has 1 unspecified atom stereocenters. The van der Waals surface area contributed by atoms with Gasteiger partial charge in [-0.05, 0) is 35.7 Å². The first-order chi connectivity index (χ1) is 15.6. The number of nitrogens with zero attached hydrogens (tertiary/aromatic N) is 2. The van der Waals surface area contributed by atoms with Crippen LogP contribution in [0, 0.1) is 0 Å². The number of amides is 1. The summed E-state index contributed by atoms with van der Waals surface area (Å²) in [6.45, 7) is 0.226. The average molecular weight is 428 g/mol. The predicted octanol–water partition coefficient (Wildman–Crippen LogP) is 4.19. The van der Waals surface area contributed by atoms with Crippen molar-refractivity contribution in [3.05, 3.63) is 107 Å². The molecule has 1 amide bonds. The van der Waals surface area contributed by atoms with E-state index < -0.39 is 17.7 Å². The zero-order valence-electron chi connectivity index (χ0n) is 17.8. The minimum Gasteiger partial charge on any atom is -0.503 e. The second-order valence-corrected chi connectivity index (χ2v) is 7.60. The number of benzene rings is 2. The Hall–Kier alpha value is -3.93. The van der Waals surface area contributed by atoms with E-state index in [1.807, 2.05) is 48.5 Å². The lowest BCUT2D eigenvalue weighted by Crippen LogP contribution is -2.31. The molecule has 2 heterocycles. The van der Waals surface area contributed by atoms with Crippen molar-refractivity contribution in [3.63, 3.8) is 0 Å². The van der Waals surface area contributed by atoms with Gasteiger partial charge in [-0.3, -0.25) is 14.6 Å². The Kier molecular flexibility index (Phi) is 6.31. The Bertz CT molecular complexity index is 1140. The van der Waals surface area contributed by atoms with Gasteiger partial charge in [0.05, 0.1) is 18.7 Å². The van der Waals surface area contributed by atoms with E-state index in [9.17, 15) is 14.7 Å². The Morgan fingerprint density at radius 2 is 1.69 bits per heavy atom. The first kappa shape index (κ1) is 21.3. The molecule has 1 atom stereocenters. The number of rotatable bonds is 8. The van der Waals surface area contributed by atoms with Crippen LogP contribution in [0.5, 0.6) is 5.75 Å². The number of carbonyl (C=O) groups excluding carboxylic acids is 2. The number of hydrogen-bond donors (Lipinski definition) is 1. The van der Waals surface area contributed by atoms with Crippen LogP contribution in [0.2, 0.25) is 0 Å². The quantitative estimate of drug-likeness (QED) is 0.582. The Labute approximate surface area is 186 Å². The highest BCUT2D eigenvalue weighted by atomic mass is 16.5. The molecule has 0 radical (unpaired) electrons. The summed E-state index contributed by atoms with van der Waals surface area (Å²) in [5, 5.41) is 10.8. The molecule has 4 rings (SSSR count). The highest BCUT2D eigenvalue weighted by Gasteiger charge is 2.44. The van der Waals surface area contributed by atoms with Crippen molar-refractivity contribution in [3.8, 4) is 5.75 Å². The Morgan fingerprint density at radius 3 is 2.41 bits per heavy atom. The third-order valence-electron chi connectivity index (χ3n) is 5.62. The van der Waals surface area contributed by atoms with Crippen LogP contribution in [-0.2, 0) is 22.6 Å². The van der Waals surface area contributed by atoms with Gasteiger partial charge in [0.1, 0.15) is 5.75 Å². The summed E-state index contributed by atoms with van der Waals surface area (Å²) in [7, 11) is 1.54. The fourth-order valence-electron chi connectivity index (χ4n) is 4.04. The number of ketones is 1. The fraction of sp³-hybridized carbons (Fsp3) is 0.192. The van der Waals surface area contributed by atoms with Crippen molar-refractivity contribution in [2.45, 2.75) is 25.4 Å². The number of aliphatic hydroxyl groups excluding tert-OH is 1. The topological polar surface area (TPSA) is 79.7 Å². The van der Waals surface area contributed by atoms with E-state index in [0.717, 1.165) is 11.1 Å². The van der Waals surface area contributed by atoms with Crippen LogP contribution in [0.25, 0.3) is 0 Å². The maximum atomic E-state index is 13.3. The van der Waals surface area contributed by atoms with Gasteiger partial charge in [-0.25, -0.2) is 0 Å². The summed E-state index contributed by atoms with van der Waals surface area (Å²) in [6.07, 6.45) is 4.00. The first-order valence-electron chi connectivity index (χ1n) is 10.4. The van der Waals surface area contributed by atoms with E-state index in [1.165, 1.54) is 4.90 Å². The summed E-state index contributed by atoms with van der Waals surface area (Å²) < 4.78 is 5.52. The Morgan fingerprint density at radius 1 is 1.00 bits per heavy atom. The van der Waals surface area contributed by atoms with Crippen LogP contribution >= 0.6 is 0 Å². The number of aliphatic hydroxyl groups is 1. The predicted molar refractivity (Wildman–Crippen MR) is 120 cm³/mol. The molecule has 0 saturated carbocycles. The van der Waals surface area contributed by atoms with Crippen LogP contribution in [0.15, 0.2) is 90.5 Å². The average Bonchev–Trinajstić information content (AvgIpc) is 3.08. The zero-order chi connectivity index (χ0) is 22.5. The number of aromatic nitrogens is 1. The third-order valence-corrected chi connectivity index (χ3v) is 5.62. The molecular weight excluding hydrogens is 404 g/mol. The Balaban J connectivity index is 1.70. The number of methoxy groups -OCH3 is 1. The van der Waals surface area contributed by atoms with Gasteiger partial charge in [0, 0.05) is 30.9 Å². The van der Waals surface area contributed by atoms with Crippen molar-refractivity contribution in [1.82, 2.24) is 9.88 Å². The van der Waals surface area contributed by atoms with Gasteiger partial charge in [-0.15, -0.1) is 0 Å². The molecule has 1 N–H and O–H groups in total. The molecule has 1 aliphatic rings. The van der Waals surface area contributed by atoms with Crippen LogP contribution in [0.3, 0.4) is 0 Å². The number of aryl methyl sites for hydroxylation is 1. The van der Waals surface area contributed by atoms with Gasteiger partial charge >= 0.3 is 0 Å². The molecule has 0 aliphatic carbocycles. The van der Waals surface area contributed by atoms with Crippen molar-refractivity contribution < 1.29 is 19.4 Å². The monoisotopic (exact) mass is 428 g/mol. The number of hydrogen-bond acceptors (Lipinski definition) is 5. The summed E-state index contributed by atoms with van der Waals surface area (Å²) in [6, 6.07) is 19.8. The van der Waals surface area contributed by atoms with E-state index in [1.54, 1.807) is 37.7 Å². The number of para-hydroxylation sites is 1. The van der Waals surface area contributed by atoms with Crippen molar-refractivity contribution in [2.24, 2.45) is 0 Å². The molecule has 32 heavy (non-hydrogen) atoms. The number of Topliss-reactive ketones (excluding diaryl/α,β-unsaturated/α-hetero) is 1. The minimum absolute atomic E-state index is 0.115. The highest BCUT2D eigenvalue weighted by molar-refractivity contribution is 6.09. The smallest absolute Gasteiger partial charge is 0.290 e. The molecular formula is C26H24N2O4. The molecule has 1 aliphatic heterocycles. The van der Waals surface area contributed by atoms with Gasteiger partial charge in [-0.1, -0.05) is 48.5 Å². The van der Waals surface area contributed by atoms with Gasteiger partial charge in [-0.2, -0.15) is 0 Å². The summed E-state index contributed by atoms with van der Waals surface area (Å²) in [4.78, 5) is 31.9. The van der Waals surface area contributed by atoms with E-state index in [2.05, 4.69) is 4.98 Å². The lowest BCUT2D eigenvalue weighted by atomic mass is 9.92. The van der Waals surface area contributed by atoms with E-state index in [-0.39, 0.29) is 24.3 Å². The molecule has 162 valence electrons.